The van der Waals surface area contributed by atoms with Crippen LogP contribution < -0.4 is 5.32 Å². The van der Waals surface area contributed by atoms with Crippen molar-refractivity contribution in [1.82, 2.24) is 14.3 Å². The Morgan fingerprint density at radius 2 is 1.82 bits per heavy atom. The number of nitrogens with one attached hydrogen (secondary N) is 1. The van der Waals surface area contributed by atoms with Crippen molar-refractivity contribution in [2.45, 2.75) is 4.90 Å². The number of ether oxygens (including phenoxy) is 1. The summed E-state index contributed by atoms with van der Waals surface area (Å²) in [6.45, 7) is 1.60. The van der Waals surface area contributed by atoms with Crippen LogP contribution in [0, 0.1) is 0 Å². The van der Waals surface area contributed by atoms with Crippen LogP contribution in [0.4, 0.5) is 11.5 Å². The lowest BCUT2D eigenvalue weighted by molar-refractivity contribution is 0.0730. The number of hydrogen-bond donors (Lipinski definition) is 1. The van der Waals surface area contributed by atoms with E-state index in [0.29, 0.717) is 32.1 Å². The predicted octanol–water partition coefficient (Wildman–Crippen LogP) is 1.24. The molecule has 0 amide bonds. The Morgan fingerprint density at radius 1 is 1.09 bits per heavy atom. The molecule has 2 aromatic rings. The highest BCUT2D eigenvalue weighted by Crippen LogP contribution is 2.19. The third kappa shape index (κ3) is 3.24. The fraction of sp³-hybridized carbons (Fsp3) is 0.286. The summed E-state index contributed by atoms with van der Waals surface area (Å²) in [4.78, 5) is 8.29. The third-order valence-electron chi connectivity index (χ3n) is 3.30. The molecule has 116 valence electrons. The largest absolute Gasteiger partial charge is 0.379 e. The minimum atomic E-state index is -3.50. The highest BCUT2D eigenvalue weighted by molar-refractivity contribution is 7.89. The fourth-order valence-electron chi connectivity index (χ4n) is 2.13. The molecule has 1 aliphatic heterocycles. The fourth-order valence-corrected chi connectivity index (χ4v) is 3.48. The molecule has 7 nitrogen and oxygen atoms in total. The molecular formula is C14H16N4O3S. The molecule has 22 heavy (non-hydrogen) atoms. The summed E-state index contributed by atoms with van der Waals surface area (Å²) in [6.07, 6.45) is 4.70. The normalized spacial score (nSPS) is 16.4. The molecule has 1 aliphatic rings. The van der Waals surface area contributed by atoms with Crippen LogP contribution in [0.1, 0.15) is 0 Å². The molecule has 2 aromatic heterocycles. The molecular weight excluding hydrogens is 304 g/mol. The van der Waals surface area contributed by atoms with Crippen LogP contribution in [0.3, 0.4) is 0 Å². The van der Waals surface area contributed by atoms with Crippen LogP contribution in [0.2, 0.25) is 0 Å². The molecule has 0 unspecified atom stereocenters. The van der Waals surface area contributed by atoms with E-state index in [1.54, 1.807) is 36.7 Å². The second kappa shape index (κ2) is 6.39. The van der Waals surface area contributed by atoms with Gasteiger partial charge >= 0.3 is 0 Å². The van der Waals surface area contributed by atoms with E-state index in [0.717, 1.165) is 5.69 Å². The van der Waals surface area contributed by atoms with Crippen LogP contribution >= 0.6 is 0 Å². The molecule has 3 heterocycles. The summed E-state index contributed by atoms with van der Waals surface area (Å²) in [7, 11) is -3.50. The molecule has 0 radical (unpaired) electrons. The van der Waals surface area contributed by atoms with Crippen molar-refractivity contribution in [3.63, 3.8) is 0 Å². The number of hydrogen-bond acceptors (Lipinski definition) is 6. The summed E-state index contributed by atoms with van der Waals surface area (Å²) < 4.78 is 31.5. The highest BCUT2D eigenvalue weighted by atomic mass is 32.2. The average molecular weight is 320 g/mol. The second-order valence-corrected chi connectivity index (χ2v) is 6.69. The Balaban J connectivity index is 1.76. The van der Waals surface area contributed by atoms with Gasteiger partial charge in [-0.05, 0) is 24.3 Å². The van der Waals surface area contributed by atoms with Gasteiger partial charge in [-0.25, -0.2) is 13.4 Å². The van der Waals surface area contributed by atoms with Gasteiger partial charge in [0.2, 0.25) is 10.0 Å². The maximum absolute atomic E-state index is 12.5. The molecule has 0 bridgehead atoms. The first-order valence-electron chi connectivity index (χ1n) is 6.87. The lowest BCUT2D eigenvalue weighted by Crippen LogP contribution is -2.40. The van der Waals surface area contributed by atoms with Gasteiger partial charge in [-0.2, -0.15) is 4.31 Å². The monoisotopic (exact) mass is 320 g/mol. The van der Waals surface area contributed by atoms with Gasteiger partial charge in [-0.1, -0.05) is 0 Å². The quantitative estimate of drug-likeness (QED) is 0.912. The predicted molar refractivity (Wildman–Crippen MR) is 81.3 cm³/mol. The number of aromatic nitrogens is 2. The standard InChI is InChI=1S/C14H16N4O3S/c19-22(20,18-7-9-21-10-8-18)13-1-2-14(16-11-13)17-12-3-5-15-6-4-12/h1-6,11H,7-10H2,(H,15,16,17). The number of sulfonamides is 1. The maximum Gasteiger partial charge on any atom is 0.244 e. The molecule has 8 heteroatoms. The number of nitrogens with zero attached hydrogens (tertiary/aromatic N) is 3. The van der Waals surface area contributed by atoms with Crippen LogP contribution in [0.25, 0.3) is 0 Å². The topological polar surface area (TPSA) is 84.4 Å². The summed E-state index contributed by atoms with van der Waals surface area (Å²) in [5.74, 6) is 0.576. The summed E-state index contributed by atoms with van der Waals surface area (Å²) in [5, 5.41) is 3.08. The molecule has 1 fully saturated rings. The van der Waals surface area contributed by atoms with Gasteiger partial charge < -0.3 is 10.1 Å². The SMILES string of the molecule is O=S(=O)(c1ccc(Nc2ccncc2)nc1)N1CCOCC1. The summed E-state index contributed by atoms with van der Waals surface area (Å²) in [5.41, 5.74) is 0.839. The second-order valence-electron chi connectivity index (χ2n) is 4.76. The first-order chi connectivity index (χ1) is 10.7. The Morgan fingerprint density at radius 3 is 2.45 bits per heavy atom. The van der Waals surface area contributed by atoms with Crippen molar-refractivity contribution < 1.29 is 13.2 Å². The minimum absolute atomic E-state index is 0.190. The van der Waals surface area contributed by atoms with E-state index in [1.165, 1.54) is 10.5 Å². The van der Waals surface area contributed by atoms with Crippen LogP contribution in [0.15, 0.2) is 47.8 Å². The molecule has 0 saturated carbocycles. The molecule has 0 spiro atoms. The van der Waals surface area contributed by atoms with E-state index in [-0.39, 0.29) is 4.90 Å². The molecule has 0 atom stereocenters. The summed E-state index contributed by atoms with van der Waals surface area (Å²) in [6, 6.07) is 6.81. The van der Waals surface area contributed by atoms with Gasteiger partial charge in [0.05, 0.1) is 13.2 Å². The van der Waals surface area contributed by atoms with Gasteiger partial charge in [0, 0.05) is 37.4 Å². The lowest BCUT2D eigenvalue weighted by atomic mass is 10.4. The van der Waals surface area contributed by atoms with Crippen LogP contribution in [-0.2, 0) is 14.8 Å². The van der Waals surface area contributed by atoms with Gasteiger partial charge in [-0.15, -0.1) is 0 Å². The zero-order valence-corrected chi connectivity index (χ0v) is 12.7. The number of pyridine rings is 2. The maximum atomic E-state index is 12.5. The van der Waals surface area contributed by atoms with Crippen molar-refractivity contribution >= 4 is 21.5 Å². The van der Waals surface area contributed by atoms with Crippen molar-refractivity contribution in [3.05, 3.63) is 42.9 Å². The van der Waals surface area contributed by atoms with Crippen molar-refractivity contribution in [1.29, 1.82) is 0 Å². The molecule has 1 saturated heterocycles. The molecule has 3 rings (SSSR count). The van der Waals surface area contributed by atoms with E-state index >= 15 is 0 Å². The minimum Gasteiger partial charge on any atom is -0.379 e. The van der Waals surface area contributed by atoms with Crippen LogP contribution in [-0.4, -0.2) is 49.0 Å². The zero-order chi connectivity index (χ0) is 15.4. The Bertz CT molecular complexity index is 714. The summed E-state index contributed by atoms with van der Waals surface area (Å²) >= 11 is 0. The third-order valence-corrected chi connectivity index (χ3v) is 5.18. The van der Waals surface area contributed by atoms with Crippen molar-refractivity contribution in [2.75, 3.05) is 31.6 Å². The Labute approximate surface area is 129 Å². The molecule has 1 N–H and O–H groups in total. The Kier molecular flexibility index (Phi) is 4.32. The first kappa shape index (κ1) is 14.9. The van der Waals surface area contributed by atoms with E-state index in [1.807, 2.05) is 0 Å². The molecule has 0 aromatic carbocycles. The van der Waals surface area contributed by atoms with E-state index in [2.05, 4.69) is 15.3 Å². The lowest BCUT2D eigenvalue weighted by Gasteiger charge is -2.25. The molecule has 0 aliphatic carbocycles. The van der Waals surface area contributed by atoms with E-state index in [4.69, 9.17) is 4.74 Å². The number of rotatable bonds is 4. The van der Waals surface area contributed by atoms with E-state index < -0.39 is 10.0 Å². The van der Waals surface area contributed by atoms with Crippen molar-refractivity contribution in [3.8, 4) is 0 Å². The highest BCUT2D eigenvalue weighted by Gasteiger charge is 2.26. The van der Waals surface area contributed by atoms with E-state index in [9.17, 15) is 8.42 Å². The first-order valence-corrected chi connectivity index (χ1v) is 8.31. The van der Waals surface area contributed by atoms with Gasteiger partial charge in [-0.3, -0.25) is 4.98 Å². The number of anilines is 2. The Hall–Kier alpha value is -2.03. The zero-order valence-electron chi connectivity index (χ0n) is 11.8. The van der Waals surface area contributed by atoms with Gasteiger partial charge in [0.25, 0.3) is 0 Å². The number of morpholine rings is 1. The van der Waals surface area contributed by atoms with Crippen molar-refractivity contribution in [2.24, 2.45) is 0 Å². The average Bonchev–Trinajstić information content (AvgIpc) is 2.57. The smallest absolute Gasteiger partial charge is 0.244 e. The van der Waals surface area contributed by atoms with Crippen LogP contribution in [0.5, 0.6) is 0 Å². The van der Waals surface area contributed by atoms with Gasteiger partial charge in [0.1, 0.15) is 10.7 Å². The van der Waals surface area contributed by atoms with Gasteiger partial charge in [0.15, 0.2) is 0 Å².